The van der Waals surface area contributed by atoms with Gasteiger partial charge in [0, 0.05) is 11.9 Å². The molecule has 0 fully saturated rings. The van der Waals surface area contributed by atoms with Crippen molar-refractivity contribution in [2.24, 2.45) is 0 Å². The highest BCUT2D eigenvalue weighted by Crippen LogP contribution is 2.22. The van der Waals surface area contributed by atoms with Gasteiger partial charge in [-0.3, -0.25) is 10.1 Å². The Hall–Kier alpha value is -2.21. The van der Waals surface area contributed by atoms with Crippen molar-refractivity contribution in [2.45, 2.75) is 12.5 Å². The third-order valence-electron chi connectivity index (χ3n) is 2.70. The first kappa shape index (κ1) is 15.2. The second-order valence-corrected chi connectivity index (χ2v) is 4.53. The van der Waals surface area contributed by atoms with Crippen LogP contribution in [0.25, 0.3) is 0 Å². The number of benzene rings is 2. The van der Waals surface area contributed by atoms with Gasteiger partial charge in [-0.2, -0.15) is 0 Å². The summed E-state index contributed by atoms with van der Waals surface area (Å²) in [5.41, 5.74) is 0.456. The number of ether oxygens (including phenoxy) is 1. The number of hydrogen-bond donors (Lipinski definition) is 0. The van der Waals surface area contributed by atoms with Crippen molar-refractivity contribution in [3.05, 3.63) is 69.3 Å². The number of nitro groups is 1. The van der Waals surface area contributed by atoms with Crippen LogP contribution in [-0.4, -0.2) is 4.92 Å². The summed E-state index contributed by atoms with van der Waals surface area (Å²) in [5.74, 6) is -1.21. The molecule has 0 aliphatic carbocycles. The molecule has 110 valence electrons. The summed E-state index contributed by atoms with van der Waals surface area (Å²) in [7, 11) is 0. The first-order valence-corrected chi connectivity index (χ1v) is 6.44. The topological polar surface area (TPSA) is 52.4 Å². The average molecular weight is 314 g/mol. The van der Waals surface area contributed by atoms with E-state index in [2.05, 4.69) is 0 Å². The van der Waals surface area contributed by atoms with E-state index in [1.807, 2.05) is 0 Å². The third-order valence-corrected chi connectivity index (χ3v) is 3.01. The first-order valence-electron chi connectivity index (χ1n) is 5.90. The van der Waals surface area contributed by atoms with Crippen molar-refractivity contribution in [1.82, 2.24) is 0 Å². The molecule has 0 bridgehead atoms. The zero-order valence-electron chi connectivity index (χ0n) is 10.7. The van der Waals surface area contributed by atoms with E-state index in [0.29, 0.717) is 5.56 Å². The van der Waals surface area contributed by atoms with Crippen LogP contribution in [0.2, 0.25) is 0 Å². The van der Waals surface area contributed by atoms with Crippen LogP contribution in [0.3, 0.4) is 0 Å². The van der Waals surface area contributed by atoms with Crippen LogP contribution in [0.4, 0.5) is 14.5 Å². The van der Waals surface area contributed by atoms with Gasteiger partial charge in [-0.15, -0.1) is 11.6 Å². The van der Waals surface area contributed by atoms with Crippen molar-refractivity contribution in [1.29, 1.82) is 0 Å². The van der Waals surface area contributed by atoms with Gasteiger partial charge in [-0.1, -0.05) is 6.07 Å². The lowest BCUT2D eigenvalue weighted by molar-refractivity contribution is -0.385. The number of nitro benzene ring substituents is 1. The highest BCUT2D eigenvalue weighted by molar-refractivity contribution is 6.17. The fourth-order valence-corrected chi connectivity index (χ4v) is 1.89. The fourth-order valence-electron chi connectivity index (χ4n) is 1.73. The fraction of sp³-hybridized carbons (Fsp3) is 0.143. The highest BCUT2D eigenvalue weighted by atomic mass is 35.5. The third kappa shape index (κ3) is 3.88. The Bertz CT molecular complexity index is 679. The van der Waals surface area contributed by atoms with E-state index in [4.69, 9.17) is 16.3 Å². The summed E-state index contributed by atoms with van der Waals surface area (Å²) in [4.78, 5) is 9.92. The molecule has 21 heavy (non-hydrogen) atoms. The maximum atomic E-state index is 13.7. The lowest BCUT2D eigenvalue weighted by Crippen LogP contribution is -2.00. The van der Waals surface area contributed by atoms with Gasteiger partial charge >= 0.3 is 0 Å². The zero-order chi connectivity index (χ0) is 15.4. The molecule has 0 atom stereocenters. The summed E-state index contributed by atoms with van der Waals surface area (Å²) in [5, 5.41) is 10.6. The van der Waals surface area contributed by atoms with Gasteiger partial charge in [-0.05, 0) is 29.3 Å². The average Bonchev–Trinajstić information content (AvgIpc) is 2.45. The van der Waals surface area contributed by atoms with Crippen molar-refractivity contribution in [2.75, 3.05) is 0 Å². The molecule has 0 N–H and O–H groups in total. The second-order valence-electron chi connectivity index (χ2n) is 4.26. The molecule has 0 heterocycles. The van der Waals surface area contributed by atoms with Crippen LogP contribution in [-0.2, 0) is 12.5 Å². The van der Waals surface area contributed by atoms with E-state index >= 15 is 0 Å². The normalized spacial score (nSPS) is 10.4. The van der Waals surface area contributed by atoms with Crippen molar-refractivity contribution in [3.8, 4) is 5.75 Å². The lowest BCUT2D eigenvalue weighted by Gasteiger charge is -2.08. The standard InChI is InChI=1S/C14H10ClF2NO3/c15-7-9-1-2-14(13(17)5-9)21-8-10-3-11(16)6-12(4-10)18(19)20/h1-6H,7-8H2. The Kier molecular flexibility index (Phi) is 4.70. The zero-order valence-corrected chi connectivity index (χ0v) is 11.4. The predicted octanol–water partition coefficient (Wildman–Crippen LogP) is 4.19. The molecule has 2 aromatic rings. The molecule has 0 radical (unpaired) electrons. The summed E-state index contributed by atoms with van der Waals surface area (Å²) < 4.78 is 32.1. The first-order chi connectivity index (χ1) is 9.99. The van der Waals surface area contributed by atoms with Gasteiger partial charge in [0.05, 0.1) is 11.0 Å². The molecule has 0 saturated heterocycles. The minimum Gasteiger partial charge on any atom is -0.486 e. The molecule has 0 amide bonds. The van der Waals surface area contributed by atoms with E-state index in [0.717, 1.165) is 12.1 Å². The van der Waals surface area contributed by atoms with Gasteiger partial charge in [0.2, 0.25) is 0 Å². The Morgan fingerprint density at radius 3 is 2.52 bits per heavy atom. The molecule has 7 heteroatoms. The second kappa shape index (κ2) is 6.49. The molecular weight excluding hydrogens is 304 g/mol. The molecular formula is C14H10ClF2NO3. The number of nitrogens with zero attached hydrogens (tertiary/aromatic N) is 1. The lowest BCUT2D eigenvalue weighted by atomic mass is 10.2. The summed E-state index contributed by atoms with van der Waals surface area (Å²) in [6.45, 7) is -0.185. The number of halogens is 3. The highest BCUT2D eigenvalue weighted by Gasteiger charge is 2.11. The van der Waals surface area contributed by atoms with Crippen LogP contribution in [0.1, 0.15) is 11.1 Å². The SMILES string of the molecule is O=[N+]([O-])c1cc(F)cc(COc2ccc(CCl)cc2F)c1. The van der Waals surface area contributed by atoms with Crippen LogP contribution < -0.4 is 4.74 Å². The molecule has 4 nitrogen and oxygen atoms in total. The molecule has 0 saturated carbocycles. The smallest absolute Gasteiger partial charge is 0.272 e. The summed E-state index contributed by atoms with van der Waals surface area (Å²) >= 11 is 5.58. The Morgan fingerprint density at radius 2 is 1.90 bits per heavy atom. The van der Waals surface area contributed by atoms with Gasteiger partial charge in [0.15, 0.2) is 11.6 Å². The van der Waals surface area contributed by atoms with Crippen molar-refractivity contribution >= 4 is 17.3 Å². The summed E-state index contributed by atoms with van der Waals surface area (Å²) in [6, 6.07) is 7.31. The Labute approximate surface area is 124 Å². The van der Waals surface area contributed by atoms with Crippen molar-refractivity contribution in [3.63, 3.8) is 0 Å². The van der Waals surface area contributed by atoms with Crippen LogP contribution in [0.5, 0.6) is 5.75 Å². The van der Waals surface area contributed by atoms with E-state index < -0.39 is 16.6 Å². The minimum atomic E-state index is -0.749. The molecule has 0 aromatic heterocycles. The van der Waals surface area contributed by atoms with E-state index in [9.17, 15) is 18.9 Å². The minimum absolute atomic E-state index is 0.0317. The number of hydrogen-bond acceptors (Lipinski definition) is 3. The van der Waals surface area contributed by atoms with Gasteiger partial charge in [-0.25, -0.2) is 8.78 Å². The quantitative estimate of drug-likeness (QED) is 0.472. The Morgan fingerprint density at radius 1 is 1.14 bits per heavy atom. The van der Waals surface area contributed by atoms with Gasteiger partial charge < -0.3 is 4.74 Å². The summed E-state index contributed by atoms with van der Waals surface area (Å²) in [6.07, 6.45) is 0. The van der Waals surface area contributed by atoms with Crippen LogP contribution in [0, 0.1) is 21.7 Å². The van der Waals surface area contributed by atoms with Crippen LogP contribution >= 0.6 is 11.6 Å². The molecule has 0 aliphatic heterocycles. The molecule has 0 unspecified atom stereocenters. The Balaban J connectivity index is 2.14. The molecule has 0 aliphatic rings. The van der Waals surface area contributed by atoms with E-state index in [1.54, 1.807) is 6.07 Å². The molecule has 0 spiro atoms. The monoisotopic (exact) mass is 313 g/mol. The predicted molar refractivity (Wildman–Crippen MR) is 73.3 cm³/mol. The van der Waals surface area contributed by atoms with Crippen molar-refractivity contribution < 1.29 is 18.4 Å². The van der Waals surface area contributed by atoms with E-state index in [1.165, 1.54) is 18.2 Å². The number of alkyl halides is 1. The van der Waals surface area contributed by atoms with Crippen LogP contribution in [0.15, 0.2) is 36.4 Å². The van der Waals surface area contributed by atoms with Gasteiger partial charge in [0.1, 0.15) is 12.4 Å². The largest absolute Gasteiger partial charge is 0.486 e. The maximum Gasteiger partial charge on any atom is 0.272 e. The molecule has 2 rings (SSSR count). The maximum absolute atomic E-state index is 13.7. The molecule has 2 aromatic carbocycles. The van der Waals surface area contributed by atoms with E-state index in [-0.39, 0.29) is 29.5 Å². The number of non-ortho nitro benzene ring substituents is 1. The number of rotatable bonds is 5. The van der Waals surface area contributed by atoms with Gasteiger partial charge in [0.25, 0.3) is 5.69 Å².